The van der Waals surface area contributed by atoms with Gasteiger partial charge in [0.05, 0.1) is 0 Å². The third-order valence-corrected chi connectivity index (χ3v) is 4.34. The Balaban J connectivity index is 2.21. The Morgan fingerprint density at radius 1 is 1.47 bits per heavy atom. The first-order valence-electron chi connectivity index (χ1n) is 6.22. The van der Waals surface area contributed by atoms with E-state index in [4.69, 9.17) is 4.74 Å². The summed E-state index contributed by atoms with van der Waals surface area (Å²) in [5.41, 5.74) is -0.452. The van der Waals surface area contributed by atoms with E-state index in [1.807, 2.05) is 26.8 Å². The smallest absolute Gasteiger partial charge is 0.407 e. The molecule has 0 aliphatic carbocycles. The van der Waals surface area contributed by atoms with Gasteiger partial charge in [-0.25, -0.2) is 4.79 Å². The van der Waals surface area contributed by atoms with Gasteiger partial charge < -0.3 is 15.4 Å². The molecular formula is C13H21BrN2O2S. The Bertz CT molecular complexity index is 415. The molecule has 0 spiro atoms. The molecule has 0 radical (unpaired) electrons. The third kappa shape index (κ3) is 6.40. The quantitative estimate of drug-likeness (QED) is 0.798. The Kier molecular flexibility index (Phi) is 6.29. The number of rotatable bonds is 5. The summed E-state index contributed by atoms with van der Waals surface area (Å²) < 4.78 is 6.28. The summed E-state index contributed by atoms with van der Waals surface area (Å²) in [7, 11) is 0. The molecule has 1 aromatic rings. The van der Waals surface area contributed by atoms with Crippen LogP contribution in [0.2, 0.25) is 0 Å². The predicted molar refractivity (Wildman–Crippen MR) is 82.7 cm³/mol. The molecule has 108 valence electrons. The number of hydrogen-bond acceptors (Lipinski definition) is 4. The molecule has 0 aromatic carbocycles. The van der Waals surface area contributed by atoms with Crippen LogP contribution in [0.15, 0.2) is 15.9 Å². The molecule has 0 saturated carbocycles. The van der Waals surface area contributed by atoms with Crippen LogP contribution in [0.3, 0.4) is 0 Å². The Morgan fingerprint density at radius 2 is 2.16 bits per heavy atom. The largest absolute Gasteiger partial charge is 0.444 e. The first-order chi connectivity index (χ1) is 8.79. The van der Waals surface area contributed by atoms with Crippen LogP contribution >= 0.6 is 27.3 Å². The highest BCUT2D eigenvalue weighted by Gasteiger charge is 2.15. The minimum Gasteiger partial charge on any atom is -0.444 e. The molecule has 0 bridgehead atoms. The number of carbonyl (C=O) groups excluding carboxylic acids is 1. The summed E-state index contributed by atoms with van der Waals surface area (Å²) in [6.07, 6.45) is -0.376. The lowest BCUT2D eigenvalue weighted by molar-refractivity contribution is 0.0528. The molecule has 1 amide bonds. The minimum atomic E-state index is -0.452. The number of alkyl carbamates (subject to hydrolysis) is 1. The Morgan fingerprint density at radius 3 is 2.68 bits per heavy atom. The molecule has 1 unspecified atom stereocenters. The van der Waals surface area contributed by atoms with Gasteiger partial charge in [-0.05, 0) is 55.1 Å². The molecule has 0 saturated heterocycles. The fraction of sp³-hybridized carbons (Fsp3) is 0.615. The molecule has 4 nitrogen and oxygen atoms in total. The summed E-state index contributed by atoms with van der Waals surface area (Å²) in [4.78, 5) is 12.7. The predicted octanol–water partition coefficient (Wildman–Crippen LogP) is 3.69. The molecule has 1 atom stereocenters. The van der Waals surface area contributed by atoms with E-state index in [1.54, 1.807) is 11.3 Å². The molecule has 0 fully saturated rings. The van der Waals surface area contributed by atoms with E-state index in [2.05, 4.69) is 38.9 Å². The zero-order valence-corrected chi connectivity index (χ0v) is 14.2. The van der Waals surface area contributed by atoms with Gasteiger partial charge >= 0.3 is 6.09 Å². The Labute approximate surface area is 127 Å². The normalized spacial score (nSPS) is 13.1. The fourth-order valence-electron chi connectivity index (χ4n) is 1.47. The van der Waals surface area contributed by atoms with Gasteiger partial charge in [-0.1, -0.05) is 0 Å². The second-order valence-corrected chi connectivity index (χ2v) is 7.04. The maximum absolute atomic E-state index is 11.4. The van der Waals surface area contributed by atoms with Crippen molar-refractivity contribution in [2.45, 2.75) is 39.3 Å². The number of halogens is 1. The average molecular weight is 349 g/mol. The van der Waals surface area contributed by atoms with Gasteiger partial charge in [0.1, 0.15) is 5.60 Å². The highest BCUT2D eigenvalue weighted by Crippen LogP contribution is 2.28. The minimum absolute atomic E-state index is 0.259. The second-order valence-electron chi connectivity index (χ2n) is 5.24. The van der Waals surface area contributed by atoms with Gasteiger partial charge in [0, 0.05) is 28.5 Å². The van der Waals surface area contributed by atoms with Gasteiger partial charge in [-0.3, -0.25) is 0 Å². The highest BCUT2D eigenvalue weighted by molar-refractivity contribution is 9.10. The first kappa shape index (κ1) is 16.5. The first-order valence-corrected chi connectivity index (χ1v) is 7.90. The van der Waals surface area contributed by atoms with Crippen molar-refractivity contribution in [1.29, 1.82) is 0 Å². The second kappa shape index (κ2) is 7.26. The number of thiophene rings is 1. The number of hydrogen-bond donors (Lipinski definition) is 2. The molecule has 0 aliphatic rings. The zero-order valence-electron chi connectivity index (χ0n) is 11.7. The van der Waals surface area contributed by atoms with Crippen LogP contribution < -0.4 is 10.6 Å². The van der Waals surface area contributed by atoms with Crippen molar-refractivity contribution >= 4 is 33.4 Å². The van der Waals surface area contributed by atoms with E-state index in [-0.39, 0.29) is 12.1 Å². The number of amides is 1. The van der Waals surface area contributed by atoms with E-state index < -0.39 is 5.60 Å². The molecule has 19 heavy (non-hydrogen) atoms. The van der Waals surface area contributed by atoms with Crippen molar-refractivity contribution in [1.82, 2.24) is 10.6 Å². The fourth-order valence-corrected chi connectivity index (χ4v) is 3.22. The van der Waals surface area contributed by atoms with Crippen LogP contribution in [-0.2, 0) is 4.74 Å². The highest BCUT2D eigenvalue weighted by atomic mass is 79.9. The monoisotopic (exact) mass is 348 g/mol. The van der Waals surface area contributed by atoms with Crippen LogP contribution in [0.4, 0.5) is 4.79 Å². The summed E-state index contributed by atoms with van der Waals surface area (Å²) in [6.45, 7) is 8.89. The topological polar surface area (TPSA) is 50.4 Å². The lowest BCUT2D eigenvalue weighted by atomic mass is 10.2. The molecule has 1 rings (SSSR count). The lowest BCUT2D eigenvalue weighted by Gasteiger charge is -2.20. The van der Waals surface area contributed by atoms with Crippen LogP contribution in [0.25, 0.3) is 0 Å². The molecule has 1 heterocycles. The van der Waals surface area contributed by atoms with E-state index in [9.17, 15) is 4.79 Å². The summed E-state index contributed by atoms with van der Waals surface area (Å²) in [5, 5.41) is 8.13. The SMILES string of the molecule is CC(NCCNC(=O)OC(C)(C)C)c1sccc1Br. The van der Waals surface area contributed by atoms with Gasteiger partial charge in [0.15, 0.2) is 0 Å². The molecular weight excluding hydrogens is 328 g/mol. The van der Waals surface area contributed by atoms with E-state index >= 15 is 0 Å². The number of nitrogens with one attached hydrogen (secondary N) is 2. The zero-order chi connectivity index (χ0) is 14.5. The van der Waals surface area contributed by atoms with E-state index in [1.165, 1.54) is 4.88 Å². The van der Waals surface area contributed by atoms with Crippen LogP contribution in [0.5, 0.6) is 0 Å². The summed E-state index contributed by atoms with van der Waals surface area (Å²) in [5.74, 6) is 0. The molecule has 6 heteroatoms. The van der Waals surface area contributed by atoms with E-state index in [0.29, 0.717) is 13.1 Å². The Hall–Kier alpha value is -0.590. The van der Waals surface area contributed by atoms with E-state index in [0.717, 1.165) is 4.47 Å². The van der Waals surface area contributed by atoms with Crippen molar-refractivity contribution in [3.63, 3.8) is 0 Å². The van der Waals surface area contributed by atoms with Gasteiger partial charge in [0.2, 0.25) is 0 Å². The van der Waals surface area contributed by atoms with Crippen molar-refractivity contribution in [2.75, 3.05) is 13.1 Å². The molecule has 0 aliphatic heterocycles. The van der Waals surface area contributed by atoms with Crippen molar-refractivity contribution < 1.29 is 9.53 Å². The maximum Gasteiger partial charge on any atom is 0.407 e. The van der Waals surface area contributed by atoms with Crippen LogP contribution in [0.1, 0.15) is 38.6 Å². The number of carbonyl (C=O) groups is 1. The lowest BCUT2D eigenvalue weighted by Crippen LogP contribution is -2.36. The summed E-state index contributed by atoms with van der Waals surface area (Å²) >= 11 is 5.22. The van der Waals surface area contributed by atoms with Crippen molar-refractivity contribution in [3.8, 4) is 0 Å². The van der Waals surface area contributed by atoms with Gasteiger partial charge in [-0.2, -0.15) is 0 Å². The standard InChI is InChI=1S/C13H21BrN2O2S/c1-9(11-10(14)5-8-19-11)15-6-7-16-12(17)18-13(2,3)4/h5,8-9,15H,6-7H2,1-4H3,(H,16,17). The van der Waals surface area contributed by atoms with Crippen molar-refractivity contribution in [2.24, 2.45) is 0 Å². The molecule has 1 aromatic heterocycles. The van der Waals surface area contributed by atoms with Crippen LogP contribution in [0, 0.1) is 0 Å². The average Bonchev–Trinajstić information content (AvgIpc) is 2.68. The number of ether oxygens (including phenoxy) is 1. The summed E-state index contributed by atoms with van der Waals surface area (Å²) in [6, 6.07) is 2.30. The third-order valence-electron chi connectivity index (χ3n) is 2.28. The molecule has 2 N–H and O–H groups in total. The van der Waals surface area contributed by atoms with Gasteiger partial charge in [0.25, 0.3) is 0 Å². The van der Waals surface area contributed by atoms with Crippen molar-refractivity contribution in [3.05, 3.63) is 20.8 Å². The van der Waals surface area contributed by atoms with Gasteiger partial charge in [-0.15, -0.1) is 11.3 Å². The van der Waals surface area contributed by atoms with Crippen LogP contribution in [-0.4, -0.2) is 24.8 Å². The maximum atomic E-state index is 11.4.